The van der Waals surface area contributed by atoms with Crippen LogP contribution in [0, 0.1) is 6.92 Å². The van der Waals surface area contributed by atoms with Crippen molar-refractivity contribution in [1.82, 2.24) is 24.5 Å². The third-order valence-electron chi connectivity index (χ3n) is 3.75. The normalized spacial score (nSPS) is 12.3. The number of esters is 1. The van der Waals surface area contributed by atoms with E-state index in [2.05, 4.69) is 20.0 Å². The van der Waals surface area contributed by atoms with Gasteiger partial charge < -0.3 is 4.74 Å². The lowest BCUT2D eigenvalue weighted by Crippen LogP contribution is -2.29. The zero-order valence-electron chi connectivity index (χ0n) is 13.2. The van der Waals surface area contributed by atoms with Gasteiger partial charge in [-0.1, -0.05) is 22.9 Å². The van der Waals surface area contributed by atoms with E-state index in [9.17, 15) is 9.59 Å². The number of halogens is 1. The maximum atomic E-state index is 12.5. The molecule has 0 fully saturated rings. The molecule has 2 aromatic heterocycles. The molecule has 1 aromatic carbocycles. The monoisotopic (exact) mass is 347 g/mol. The Bertz CT molecular complexity index is 994. The average Bonchev–Trinajstić information content (AvgIpc) is 3.01. The van der Waals surface area contributed by atoms with Crippen molar-refractivity contribution in [2.75, 3.05) is 7.11 Å². The lowest BCUT2D eigenvalue weighted by atomic mass is 10.2. The van der Waals surface area contributed by atoms with Gasteiger partial charge in [-0.05, 0) is 31.5 Å². The number of benzene rings is 1. The maximum absolute atomic E-state index is 12.5. The summed E-state index contributed by atoms with van der Waals surface area (Å²) in [5, 5.41) is 8.45. The first-order valence-electron chi connectivity index (χ1n) is 7.11. The van der Waals surface area contributed by atoms with Gasteiger partial charge in [0.25, 0.3) is 5.56 Å². The van der Waals surface area contributed by atoms with Crippen LogP contribution in [0.3, 0.4) is 0 Å². The van der Waals surface area contributed by atoms with Gasteiger partial charge in [-0.25, -0.2) is 9.78 Å². The third kappa shape index (κ3) is 2.54. The molecule has 2 heterocycles. The Labute approximate surface area is 141 Å². The van der Waals surface area contributed by atoms with Gasteiger partial charge in [-0.15, -0.1) is 5.10 Å². The zero-order valence-corrected chi connectivity index (χ0v) is 14.0. The molecular formula is C15H14ClN5O3. The molecule has 3 rings (SSSR count). The van der Waals surface area contributed by atoms with Crippen molar-refractivity contribution in [2.45, 2.75) is 19.9 Å². The molecule has 124 valence electrons. The third-order valence-corrected chi connectivity index (χ3v) is 4.15. The van der Waals surface area contributed by atoms with Crippen molar-refractivity contribution in [1.29, 1.82) is 0 Å². The molecule has 0 bridgehead atoms. The topological polar surface area (TPSA) is 91.9 Å². The molecule has 0 saturated heterocycles. The van der Waals surface area contributed by atoms with Crippen molar-refractivity contribution in [2.24, 2.45) is 0 Å². The van der Waals surface area contributed by atoms with Crippen molar-refractivity contribution >= 4 is 28.7 Å². The summed E-state index contributed by atoms with van der Waals surface area (Å²) in [5.41, 5.74) is 1.44. The van der Waals surface area contributed by atoms with Gasteiger partial charge in [-0.2, -0.15) is 4.68 Å². The summed E-state index contributed by atoms with van der Waals surface area (Å²) in [5.74, 6) is -0.545. The number of aryl methyl sites for hydroxylation is 1. The molecule has 8 nitrogen and oxygen atoms in total. The quantitative estimate of drug-likeness (QED) is 0.669. The molecule has 3 aromatic rings. The van der Waals surface area contributed by atoms with Gasteiger partial charge in [0.1, 0.15) is 12.4 Å². The fraction of sp³-hybridized carbons (Fsp3) is 0.267. The lowest BCUT2D eigenvalue weighted by molar-refractivity contribution is -0.144. The van der Waals surface area contributed by atoms with Crippen LogP contribution in [-0.2, 0) is 9.53 Å². The Kier molecular flexibility index (Phi) is 4.06. The molecule has 1 atom stereocenters. The summed E-state index contributed by atoms with van der Waals surface area (Å²) >= 11 is 6.13. The largest absolute Gasteiger partial charge is 0.467 e. The van der Waals surface area contributed by atoms with Crippen LogP contribution in [0.1, 0.15) is 18.5 Å². The van der Waals surface area contributed by atoms with E-state index in [0.29, 0.717) is 10.7 Å². The number of aromatic nitrogens is 5. The van der Waals surface area contributed by atoms with Crippen LogP contribution in [0.5, 0.6) is 0 Å². The van der Waals surface area contributed by atoms with Gasteiger partial charge in [0.2, 0.25) is 0 Å². The molecule has 0 amide bonds. The first-order valence-corrected chi connectivity index (χ1v) is 7.48. The Balaban J connectivity index is 2.15. The lowest BCUT2D eigenvalue weighted by Gasteiger charge is -2.11. The highest BCUT2D eigenvalue weighted by Gasteiger charge is 2.20. The number of fused-ring (bicyclic) bond motifs is 1. The number of ether oxygens (including phenoxy) is 1. The zero-order chi connectivity index (χ0) is 17.4. The minimum Gasteiger partial charge on any atom is -0.467 e. The smallest absolute Gasteiger partial charge is 0.328 e. The van der Waals surface area contributed by atoms with E-state index in [1.807, 2.05) is 13.0 Å². The average molecular weight is 348 g/mol. The second kappa shape index (κ2) is 6.04. The molecule has 0 radical (unpaired) electrons. The Morgan fingerprint density at radius 3 is 2.79 bits per heavy atom. The minimum atomic E-state index is -0.807. The highest BCUT2D eigenvalue weighted by Crippen LogP contribution is 2.20. The van der Waals surface area contributed by atoms with Crippen LogP contribution < -0.4 is 5.56 Å². The number of hydrogen-bond donors (Lipinski definition) is 0. The summed E-state index contributed by atoms with van der Waals surface area (Å²) in [6, 6.07) is 4.55. The van der Waals surface area contributed by atoms with E-state index in [4.69, 9.17) is 11.6 Å². The standard InChI is InChI=1S/C15H14ClN5O3/c1-8-4-5-10(6-11(8)16)21-13-12(18-19-21)14(22)20(7-17-13)9(2)15(23)24-3/h4-7,9H,1-3H3. The second-order valence-corrected chi connectivity index (χ2v) is 5.67. The second-order valence-electron chi connectivity index (χ2n) is 5.26. The first kappa shape index (κ1) is 16.1. The molecule has 0 N–H and O–H groups in total. The summed E-state index contributed by atoms with van der Waals surface area (Å²) in [6.45, 7) is 3.43. The van der Waals surface area contributed by atoms with Gasteiger partial charge in [0, 0.05) is 5.02 Å². The van der Waals surface area contributed by atoms with E-state index in [1.165, 1.54) is 18.1 Å². The Morgan fingerprint density at radius 2 is 2.12 bits per heavy atom. The first-order chi connectivity index (χ1) is 11.4. The van der Waals surface area contributed by atoms with E-state index in [0.717, 1.165) is 10.1 Å². The van der Waals surface area contributed by atoms with Crippen molar-refractivity contribution in [3.8, 4) is 5.69 Å². The fourth-order valence-electron chi connectivity index (χ4n) is 2.27. The molecule has 24 heavy (non-hydrogen) atoms. The molecule has 9 heteroatoms. The summed E-state index contributed by atoms with van der Waals surface area (Å²) in [4.78, 5) is 28.4. The van der Waals surface area contributed by atoms with E-state index < -0.39 is 17.6 Å². The number of rotatable bonds is 3. The summed E-state index contributed by atoms with van der Waals surface area (Å²) < 4.78 is 7.24. The molecular weight excluding hydrogens is 334 g/mol. The van der Waals surface area contributed by atoms with Gasteiger partial charge in [-0.3, -0.25) is 9.36 Å². The van der Waals surface area contributed by atoms with Crippen molar-refractivity contribution in [3.63, 3.8) is 0 Å². The van der Waals surface area contributed by atoms with Gasteiger partial charge >= 0.3 is 5.97 Å². The molecule has 0 aliphatic heterocycles. The molecule has 0 aliphatic carbocycles. The van der Waals surface area contributed by atoms with Crippen LogP contribution in [0.2, 0.25) is 5.02 Å². The number of nitrogens with zero attached hydrogens (tertiary/aromatic N) is 5. The molecule has 0 aliphatic rings. The predicted molar refractivity (Wildman–Crippen MR) is 87.4 cm³/mol. The van der Waals surface area contributed by atoms with Crippen molar-refractivity contribution in [3.05, 3.63) is 45.5 Å². The SMILES string of the molecule is COC(=O)C(C)n1cnc2c(nnn2-c2ccc(C)c(Cl)c2)c1=O. The van der Waals surface area contributed by atoms with Crippen molar-refractivity contribution < 1.29 is 9.53 Å². The number of hydrogen-bond acceptors (Lipinski definition) is 6. The van der Waals surface area contributed by atoms with Gasteiger partial charge in [0.05, 0.1) is 12.8 Å². The Morgan fingerprint density at radius 1 is 1.38 bits per heavy atom. The van der Waals surface area contributed by atoms with Crippen LogP contribution in [0.25, 0.3) is 16.9 Å². The molecule has 1 unspecified atom stereocenters. The predicted octanol–water partition coefficient (Wildman–Crippen LogP) is 1.67. The fourth-order valence-corrected chi connectivity index (χ4v) is 2.44. The van der Waals surface area contributed by atoms with Crippen LogP contribution in [-0.4, -0.2) is 37.6 Å². The van der Waals surface area contributed by atoms with E-state index in [1.54, 1.807) is 19.1 Å². The number of methoxy groups -OCH3 is 1. The van der Waals surface area contributed by atoms with E-state index >= 15 is 0 Å². The summed E-state index contributed by atoms with van der Waals surface area (Å²) in [6.07, 6.45) is 1.28. The van der Waals surface area contributed by atoms with Crippen LogP contribution >= 0.6 is 11.6 Å². The van der Waals surface area contributed by atoms with Crippen LogP contribution in [0.15, 0.2) is 29.3 Å². The van der Waals surface area contributed by atoms with E-state index in [-0.39, 0.29) is 11.2 Å². The highest BCUT2D eigenvalue weighted by atomic mass is 35.5. The Hall–Kier alpha value is -2.74. The highest BCUT2D eigenvalue weighted by molar-refractivity contribution is 6.31. The van der Waals surface area contributed by atoms with Crippen LogP contribution in [0.4, 0.5) is 0 Å². The molecule has 0 saturated carbocycles. The maximum Gasteiger partial charge on any atom is 0.328 e. The van der Waals surface area contributed by atoms with Gasteiger partial charge in [0.15, 0.2) is 11.2 Å². The number of carbonyl (C=O) groups excluding carboxylic acids is 1. The minimum absolute atomic E-state index is 0.0601. The summed E-state index contributed by atoms with van der Waals surface area (Å²) in [7, 11) is 1.26. The molecule has 0 spiro atoms. The number of carbonyl (C=O) groups is 1.